The van der Waals surface area contributed by atoms with Crippen molar-refractivity contribution in [1.29, 1.82) is 0 Å². The van der Waals surface area contributed by atoms with Crippen molar-refractivity contribution in [3.8, 4) is 0 Å². The highest BCUT2D eigenvalue weighted by molar-refractivity contribution is 5.53. The van der Waals surface area contributed by atoms with E-state index >= 15 is 0 Å². The topological polar surface area (TPSA) is 17.3 Å². The van der Waals surface area contributed by atoms with Gasteiger partial charge in [-0.15, -0.1) is 0 Å². The standard InChI is InChI=1S/C13H16N2/c1-10-5-4-8-15-12(10)9-14-13(15)11-6-2-3-7-11/h4-5,8-9,11H,2-3,6-7H2,1H3. The van der Waals surface area contributed by atoms with Gasteiger partial charge in [0.2, 0.25) is 0 Å². The summed E-state index contributed by atoms with van der Waals surface area (Å²) in [7, 11) is 0. The van der Waals surface area contributed by atoms with Crippen molar-refractivity contribution < 1.29 is 0 Å². The molecule has 0 spiro atoms. The SMILES string of the molecule is Cc1cccn2c(C3CCCC3)ncc12. The van der Waals surface area contributed by atoms with E-state index < -0.39 is 0 Å². The van der Waals surface area contributed by atoms with Crippen LogP contribution in [0.4, 0.5) is 0 Å². The van der Waals surface area contributed by atoms with E-state index in [1.807, 2.05) is 6.20 Å². The number of aromatic nitrogens is 2. The Kier molecular flexibility index (Phi) is 2.01. The molecule has 1 aliphatic carbocycles. The Labute approximate surface area is 90.0 Å². The maximum atomic E-state index is 4.60. The molecule has 0 amide bonds. The van der Waals surface area contributed by atoms with Crippen molar-refractivity contribution in [2.75, 3.05) is 0 Å². The van der Waals surface area contributed by atoms with Gasteiger partial charge in [0.1, 0.15) is 5.82 Å². The maximum absolute atomic E-state index is 4.60. The van der Waals surface area contributed by atoms with Crippen molar-refractivity contribution in [3.05, 3.63) is 35.9 Å². The van der Waals surface area contributed by atoms with Crippen LogP contribution < -0.4 is 0 Å². The van der Waals surface area contributed by atoms with Gasteiger partial charge in [-0.3, -0.25) is 0 Å². The van der Waals surface area contributed by atoms with Gasteiger partial charge < -0.3 is 4.40 Å². The van der Waals surface area contributed by atoms with Gasteiger partial charge in [0.15, 0.2) is 0 Å². The maximum Gasteiger partial charge on any atom is 0.116 e. The van der Waals surface area contributed by atoms with Crippen LogP contribution in [0.25, 0.3) is 5.52 Å². The molecule has 2 nitrogen and oxygen atoms in total. The predicted octanol–water partition coefficient (Wildman–Crippen LogP) is 3.30. The molecule has 2 heteroatoms. The van der Waals surface area contributed by atoms with Gasteiger partial charge in [0.05, 0.1) is 11.7 Å². The molecule has 15 heavy (non-hydrogen) atoms. The van der Waals surface area contributed by atoms with Crippen LogP contribution in [0, 0.1) is 6.92 Å². The number of nitrogens with zero attached hydrogens (tertiary/aromatic N) is 2. The summed E-state index contributed by atoms with van der Waals surface area (Å²) in [5.41, 5.74) is 2.58. The highest BCUT2D eigenvalue weighted by atomic mass is 15.0. The van der Waals surface area contributed by atoms with E-state index in [-0.39, 0.29) is 0 Å². The average Bonchev–Trinajstić information content (AvgIpc) is 2.85. The molecule has 0 radical (unpaired) electrons. The molecule has 1 fully saturated rings. The van der Waals surface area contributed by atoms with Crippen LogP contribution in [0.15, 0.2) is 24.5 Å². The summed E-state index contributed by atoms with van der Waals surface area (Å²) in [5.74, 6) is 1.96. The van der Waals surface area contributed by atoms with Crippen LogP contribution in [0.1, 0.15) is 43.0 Å². The second kappa shape index (κ2) is 3.37. The van der Waals surface area contributed by atoms with Crippen molar-refractivity contribution in [2.24, 2.45) is 0 Å². The van der Waals surface area contributed by atoms with Gasteiger partial charge >= 0.3 is 0 Å². The summed E-state index contributed by atoms with van der Waals surface area (Å²) in [4.78, 5) is 4.60. The Balaban J connectivity index is 2.15. The summed E-state index contributed by atoms with van der Waals surface area (Å²) < 4.78 is 2.27. The van der Waals surface area contributed by atoms with Crippen LogP contribution in [-0.2, 0) is 0 Å². The fourth-order valence-electron chi connectivity index (χ4n) is 2.67. The quantitative estimate of drug-likeness (QED) is 0.690. The van der Waals surface area contributed by atoms with E-state index in [9.17, 15) is 0 Å². The number of aryl methyl sites for hydroxylation is 1. The number of pyridine rings is 1. The van der Waals surface area contributed by atoms with E-state index in [1.54, 1.807) is 0 Å². The van der Waals surface area contributed by atoms with Gasteiger partial charge in [0, 0.05) is 12.1 Å². The van der Waals surface area contributed by atoms with E-state index in [0.29, 0.717) is 5.92 Å². The average molecular weight is 200 g/mol. The van der Waals surface area contributed by atoms with Crippen LogP contribution in [0.2, 0.25) is 0 Å². The Bertz CT molecular complexity index is 478. The largest absolute Gasteiger partial charge is 0.303 e. The lowest BCUT2D eigenvalue weighted by Gasteiger charge is -2.08. The van der Waals surface area contributed by atoms with E-state index in [4.69, 9.17) is 0 Å². The highest BCUT2D eigenvalue weighted by Gasteiger charge is 2.21. The van der Waals surface area contributed by atoms with Crippen LogP contribution in [-0.4, -0.2) is 9.38 Å². The summed E-state index contributed by atoms with van der Waals surface area (Å²) in [5, 5.41) is 0. The monoisotopic (exact) mass is 200 g/mol. The summed E-state index contributed by atoms with van der Waals surface area (Å²) in [6.07, 6.45) is 9.52. The minimum atomic E-state index is 0.689. The van der Waals surface area contributed by atoms with E-state index in [0.717, 1.165) is 0 Å². The first-order chi connectivity index (χ1) is 7.36. The number of imidazole rings is 1. The molecule has 2 aromatic rings. The Morgan fingerprint density at radius 1 is 1.33 bits per heavy atom. The first kappa shape index (κ1) is 8.96. The Morgan fingerprint density at radius 2 is 2.13 bits per heavy atom. The van der Waals surface area contributed by atoms with Crippen molar-refractivity contribution in [2.45, 2.75) is 38.5 Å². The number of rotatable bonds is 1. The van der Waals surface area contributed by atoms with Gasteiger partial charge in [-0.1, -0.05) is 18.9 Å². The predicted molar refractivity (Wildman–Crippen MR) is 61.1 cm³/mol. The first-order valence-corrected chi connectivity index (χ1v) is 5.79. The number of hydrogen-bond donors (Lipinski definition) is 0. The second-order valence-electron chi connectivity index (χ2n) is 4.54. The molecular weight excluding hydrogens is 184 g/mol. The molecule has 0 bridgehead atoms. The van der Waals surface area contributed by atoms with Crippen molar-refractivity contribution in [3.63, 3.8) is 0 Å². The molecule has 3 rings (SSSR count). The Morgan fingerprint density at radius 3 is 2.93 bits per heavy atom. The van der Waals surface area contributed by atoms with Crippen molar-refractivity contribution in [1.82, 2.24) is 9.38 Å². The fourth-order valence-corrected chi connectivity index (χ4v) is 2.67. The molecule has 0 saturated heterocycles. The summed E-state index contributed by atoms with van der Waals surface area (Å²) in [6.45, 7) is 2.15. The molecule has 1 saturated carbocycles. The van der Waals surface area contributed by atoms with E-state index in [2.05, 4.69) is 34.6 Å². The molecule has 0 atom stereocenters. The molecule has 2 heterocycles. The molecular formula is C13H16N2. The minimum absolute atomic E-state index is 0.689. The van der Waals surface area contributed by atoms with Crippen LogP contribution in [0.3, 0.4) is 0 Å². The highest BCUT2D eigenvalue weighted by Crippen LogP contribution is 2.33. The second-order valence-corrected chi connectivity index (χ2v) is 4.54. The summed E-state index contributed by atoms with van der Waals surface area (Å²) >= 11 is 0. The van der Waals surface area contributed by atoms with E-state index in [1.165, 1.54) is 42.6 Å². The zero-order valence-electron chi connectivity index (χ0n) is 9.11. The third-order valence-electron chi connectivity index (χ3n) is 3.53. The molecule has 0 N–H and O–H groups in total. The zero-order valence-corrected chi connectivity index (χ0v) is 9.11. The lowest BCUT2D eigenvalue weighted by atomic mass is 10.1. The number of hydrogen-bond acceptors (Lipinski definition) is 1. The third kappa shape index (κ3) is 1.36. The lowest BCUT2D eigenvalue weighted by Crippen LogP contribution is -2.00. The normalized spacial score (nSPS) is 17.7. The fraction of sp³-hybridized carbons (Fsp3) is 0.462. The first-order valence-electron chi connectivity index (χ1n) is 5.79. The van der Waals surface area contributed by atoms with Crippen LogP contribution >= 0.6 is 0 Å². The van der Waals surface area contributed by atoms with Crippen molar-refractivity contribution >= 4 is 5.52 Å². The van der Waals surface area contributed by atoms with Gasteiger partial charge in [-0.2, -0.15) is 0 Å². The minimum Gasteiger partial charge on any atom is -0.303 e. The molecule has 78 valence electrons. The molecule has 0 aromatic carbocycles. The molecule has 1 aliphatic rings. The third-order valence-corrected chi connectivity index (χ3v) is 3.53. The van der Waals surface area contributed by atoms with Gasteiger partial charge in [-0.25, -0.2) is 4.98 Å². The molecule has 0 aliphatic heterocycles. The van der Waals surface area contributed by atoms with Crippen LogP contribution in [0.5, 0.6) is 0 Å². The lowest BCUT2D eigenvalue weighted by molar-refractivity contribution is 0.665. The molecule has 2 aromatic heterocycles. The van der Waals surface area contributed by atoms with Gasteiger partial charge in [-0.05, 0) is 31.4 Å². The summed E-state index contributed by atoms with van der Waals surface area (Å²) in [6, 6.07) is 4.26. The smallest absolute Gasteiger partial charge is 0.116 e. The molecule has 0 unspecified atom stereocenters. The zero-order chi connectivity index (χ0) is 10.3. The van der Waals surface area contributed by atoms with Gasteiger partial charge in [0.25, 0.3) is 0 Å². The number of fused-ring (bicyclic) bond motifs is 1. The Hall–Kier alpha value is -1.31.